The Bertz CT molecular complexity index is 1010. The molecule has 1 amide bonds. The van der Waals surface area contributed by atoms with Gasteiger partial charge in [0.2, 0.25) is 0 Å². The number of carbonyl (C=O) groups is 3. The zero-order valence-corrected chi connectivity index (χ0v) is 17.3. The Kier molecular flexibility index (Phi) is 8.80. The molecule has 0 spiro atoms. The Balaban J connectivity index is 2.01. The molecule has 2 N–H and O–H groups in total. The Labute approximate surface area is 180 Å². The van der Waals surface area contributed by atoms with Crippen LogP contribution in [0.25, 0.3) is 0 Å². The number of hydrogen-bond acceptors (Lipinski definition) is 7. The third kappa shape index (κ3) is 6.72. The summed E-state index contributed by atoms with van der Waals surface area (Å²) < 4.78 is 9.91. The average molecular weight is 421 g/mol. The molecule has 2 aromatic carbocycles. The van der Waals surface area contributed by atoms with E-state index in [-0.39, 0.29) is 23.4 Å². The van der Waals surface area contributed by atoms with Crippen LogP contribution in [-0.4, -0.2) is 31.1 Å². The first-order valence-electron chi connectivity index (χ1n) is 9.67. The number of esters is 2. The molecule has 31 heavy (non-hydrogen) atoms. The van der Waals surface area contributed by atoms with Crippen LogP contribution in [0.2, 0.25) is 0 Å². The van der Waals surface area contributed by atoms with E-state index >= 15 is 0 Å². The topological polar surface area (TPSA) is 118 Å². The molecule has 160 valence electrons. The van der Waals surface area contributed by atoms with Crippen LogP contribution < -0.4 is 10.6 Å². The Hall–Kier alpha value is -4.12. The molecule has 0 radical (unpaired) electrons. The quantitative estimate of drug-likeness (QED) is 0.363. The normalized spacial score (nSPS) is 10.5. The van der Waals surface area contributed by atoms with Crippen LogP contribution in [0.4, 0.5) is 5.69 Å². The van der Waals surface area contributed by atoms with Gasteiger partial charge in [0.15, 0.2) is 0 Å². The maximum absolute atomic E-state index is 12.5. The standard InChI is InChI=1S/C23H23N3O5/c1-3-30-22(28)17-11-9-16(10-12-17)14-25-15-18(13-24)21(27)26-20-8-6-5-7-19(20)23(29)31-4-2/h5-12,15,25H,3-4,14H2,1-2H3,(H,26,27)/b18-15-. The minimum absolute atomic E-state index is 0.165. The van der Waals surface area contributed by atoms with Crippen molar-refractivity contribution in [3.63, 3.8) is 0 Å². The number of nitrogens with zero attached hydrogens (tertiary/aromatic N) is 1. The van der Waals surface area contributed by atoms with Gasteiger partial charge in [-0.3, -0.25) is 4.79 Å². The van der Waals surface area contributed by atoms with E-state index in [1.54, 1.807) is 56.3 Å². The highest BCUT2D eigenvalue weighted by Crippen LogP contribution is 2.17. The van der Waals surface area contributed by atoms with Crippen LogP contribution in [-0.2, 0) is 20.8 Å². The third-order valence-corrected chi connectivity index (χ3v) is 4.05. The van der Waals surface area contributed by atoms with E-state index in [2.05, 4.69) is 10.6 Å². The van der Waals surface area contributed by atoms with Crippen LogP contribution in [0, 0.1) is 11.3 Å². The molecule has 0 aliphatic carbocycles. The molecule has 0 heterocycles. The number of rotatable bonds is 9. The molecular weight excluding hydrogens is 398 g/mol. The van der Waals surface area contributed by atoms with Gasteiger partial charge in [-0.25, -0.2) is 9.59 Å². The summed E-state index contributed by atoms with van der Waals surface area (Å²) in [5.41, 5.74) is 1.57. The molecule has 0 unspecified atom stereocenters. The Morgan fingerprint density at radius 1 is 0.968 bits per heavy atom. The fraction of sp³-hybridized carbons (Fsp3) is 0.217. The lowest BCUT2D eigenvalue weighted by atomic mass is 10.1. The first kappa shape index (κ1) is 23.2. The lowest BCUT2D eigenvalue weighted by Crippen LogP contribution is -2.19. The second kappa shape index (κ2) is 11.8. The molecular formula is C23H23N3O5. The third-order valence-electron chi connectivity index (χ3n) is 4.05. The molecule has 0 bridgehead atoms. The van der Waals surface area contributed by atoms with E-state index in [1.165, 1.54) is 12.3 Å². The van der Waals surface area contributed by atoms with Crippen molar-refractivity contribution in [1.29, 1.82) is 5.26 Å². The SMILES string of the molecule is CCOC(=O)c1ccc(CN/C=C(/C#N)C(=O)Nc2ccccc2C(=O)OCC)cc1. The number of anilines is 1. The first-order valence-corrected chi connectivity index (χ1v) is 9.67. The number of ether oxygens (including phenoxy) is 2. The molecule has 0 fully saturated rings. The summed E-state index contributed by atoms with van der Waals surface area (Å²) in [6.07, 6.45) is 1.29. The van der Waals surface area contributed by atoms with Crippen LogP contribution in [0.3, 0.4) is 0 Å². The summed E-state index contributed by atoms with van der Waals surface area (Å²) >= 11 is 0. The first-order chi connectivity index (χ1) is 15.0. The molecule has 0 aliphatic heterocycles. The smallest absolute Gasteiger partial charge is 0.340 e. The highest BCUT2D eigenvalue weighted by atomic mass is 16.5. The van der Waals surface area contributed by atoms with Gasteiger partial charge in [0.1, 0.15) is 11.6 Å². The summed E-state index contributed by atoms with van der Waals surface area (Å²) in [6.45, 7) is 4.26. The van der Waals surface area contributed by atoms with Gasteiger partial charge < -0.3 is 20.1 Å². The highest BCUT2D eigenvalue weighted by molar-refractivity contribution is 6.09. The number of nitrogens with one attached hydrogen (secondary N) is 2. The van der Waals surface area contributed by atoms with Gasteiger partial charge in [-0.1, -0.05) is 24.3 Å². The summed E-state index contributed by atoms with van der Waals surface area (Å²) in [5.74, 6) is -1.62. The van der Waals surface area contributed by atoms with E-state index in [0.717, 1.165) is 5.56 Å². The van der Waals surface area contributed by atoms with Gasteiger partial charge in [-0.2, -0.15) is 5.26 Å². The zero-order valence-electron chi connectivity index (χ0n) is 17.3. The van der Waals surface area contributed by atoms with Crippen molar-refractivity contribution < 1.29 is 23.9 Å². The molecule has 0 saturated heterocycles. The van der Waals surface area contributed by atoms with Gasteiger partial charge in [0.25, 0.3) is 5.91 Å². The molecule has 0 saturated carbocycles. The van der Waals surface area contributed by atoms with Crippen molar-refractivity contribution >= 4 is 23.5 Å². The van der Waals surface area contributed by atoms with Gasteiger partial charge in [-0.05, 0) is 43.7 Å². The van der Waals surface area contributed by atoms with E-state index in [9.17, 15) is 19.6 Å². The molecule has 0 aromatic heterocycles. The molecule has 8 heteroatoms. The van der Waals surface area contributed by atoms with Crippen LogP contribution >= 0.6 is 0 Å². The molecule has 8 nitrogen and oxygen atoms in total. The number of para-hydroxylation sites is 1. The van der Waals surface area contributed by atoms with Crippen molar-refractivity contribution in [2.24, 2.45) is 0 Å². The minimum atomic E-state index is -0.663. The zero-order chi connectivity index (χ0) is 22.6. The second-order valence-electron chi connectivity index (χ2n) is 6.19. The van der Waals surface area contributed by atoms with Crippen molar-refractivity contribution in [3.05, 3.63) is 77.0 Å². The van der Waals surface area contributed by atoms with E-state index in [1.807, 2.05) is 6.07 Å². The van der Waals surface area contributed by atoms with Gasteiger partial charge in [0.05, 0.1) is 30.0 Å². The van der Waals surface area contributed by atoms with E-state index in [0.29, 0.717) is 18.7 Å². The predicted molar refractivity (Wildman–Crippen MR) is 114 cm³/mol. The minimum Gasteiger partial charge on any atom is -0.462 e. The van der Waals surface area contributed by atoms with E-state index < -0.39 is 17.8 Å². The fourth-order valence-corrected chi connectivity index (χ4v) is 2.56. The Morgan fingerprint density at radius 3 is 2.26 bits per heavy atom. The predicted octanol–water partition coefficient (Wildman–Crippen LogP) is 3.18. The molecule has 2 aromatic rings. The van der Waals surface area contributed by atoms with Crippen LogP contribution in [0.15, 0.2) is 60.3 Å². The maximum Gasteiger partial charge on any atom is 0.340 e. The summed E-state index contributed by atoms with van der Waals surface area (Å²) in [6, 6.07) is 15.0. The molecule has 0 aliphatic rings. The second-order valence-corrected chi connectivity index (χ2v) is 6.19. The van der Waals surface area contributed by atoms with Gasteiger partial charge in [0, 0.05) is 12.7 Å². The number of carbonyl (C=O) groups excluding carboxylic acids is 3. The van der Waals surface area contributed by atoms with Crippen molar-refractivity contribution in [2.45, 2.75) is 20.4 Å². The monoisotopic (exact) mass is 421 g/mol. The lowest BCUT2D eigenvalue weighted by molar-refractivity contribution is -0.112. The number of nitriles is 1. The molecule has 0 atom stereocenters. The van der Waals surface area contributed by atoms with Gasteiger partial charge in [-0.15, -0.1) is 0 Å². The van der Waals surface area contributed by atoms with Crippen molar-refractivity contribution in [3.8, 4) is 6.07 Å². The van der Waals surface area contributed by atoms with Crippen molar-refractivity contribution in [2.75, 3.05) is 18.5 Å². The average Bonchev–Trinajstić information content (AvgIpc) is 2.77. The summed E-state index contributed by atoms with van der Waals surface area (Å²) in [4.78, 5) is 36.1. The number of hydrogen-bond donors (Lipinski definition) is 2. The highest BCUT2D eigenvalue weighted by Gasteiger charge is 2.16. The molecule has 2 rings (SSSR count). The lowest BCUT2D eigenvalue weighted by Gasteiger charge is -2.10. The fourth-order valence-electron chi connectivity index (χ4n) is 2.56. The van der Waals surface area contributed by atoms with E-state index in [4.69, 9.17) is 9.47 Å². The van der Waals surface area contributed by atoms with Gasteiger partial charge >= 0.3 is 11.9 Å². The van der Waals surface area contributed by atoms with Crippen LogP contribution in [0.5, 0.6) is 0 Å². The largest absolute Gasteiger partial charge is 0.462 e. The van der Waals surface area contributed by atoms with Crippen LogP contribution in [0.1, 0.15) is 40.1 Å². The van der Waals surface area contributed by atoms with Crippen molar-refractivity contribution in [1.82, 2.24) is 5.32 Å². The summed E-state index contributed by atoms with van der Waals surface area (Å²) in [7, 11) is 0. The number of benzene rings is 2. The Morgan fingerprint density at radius 2 is 1.61 bits per heavy atom. The summed E-state index contributed by atoms with van der Waals surface area (Å²) in [5, 5.41) is 14.8. The maximum atomic E-state index is 12.5. The number of amides is 1.